The molecule has 5 heteroatoms. The summed E-state index contributed by atoms with van der Waals surface area (Å²) in [5.74, 6) is 1.08. The van der Waals surface area contributed by atoms with Gasteiger partial charge in [0.2, 0.25) is 0 Å². The van der Waals surface area contributed by atoms with E-state index in [1.54, 1.807) is 12.1 Å². The number of carbonyl (C=O) groups excluding carboxylic acids is 1. The Morgan fingerprint density at radius 1 is 1.30 bits per heavy atom. The molecule has 0 aliphatic heterocycles. The fourth-order valence-electron chi connectivity index (χ4n) is 2.25. The summed E-state index contributed by atoms with van der Waals surface area (Å²) in [5.41, 5.74) is 2.06. The molecule has 0 aliphatic rings. The van der Waals surface area contributed by atoms with Crippen molar-refractivity contribution in [2.75, 3.05) is 6.54 Å². The first-order chi connectivity index (χ1) is 9.75. The molecule has 3 aromatic rings. The standard InChI is InChI=1S/C15H15N3O2/c1-11-17-12-5-2-3-6-13(12)18(11)9-8-16-15(19)14-7-4-10-20-14/h2-7,10H,8-9H2,1H3,(H,16,19). The van der Waals surface area contributed by atoms with E-state index in [-0.39, 0.29) is 5.91 Å². The Bertz CT molecular complexity index is 729. The molecular formula is C15H15N3O2. The summed E-state index contributed by atoms with van der Waals surface area (Å²) < 4.78 is 7.14. The zero-order valence-electron chi connectivity index (χ0n) is 11.2. The molecule has 0 saturated heterocycles. The van der Waals surface area contributed by atoms with Gasteiger partial charge in [-0.3, -0.25) is 4.79 Å². The Labute approximate surface area is 116 Å². The molecule has 0 saturated carbocycles. The topological polar surface area (TPSA) is 60.1 Å². The van der Waals surface area contributed by atoms with Crippen molar-refractivity contribution in [3.63, 3.8) is 0 Å². The summed E-state index contributed by atoms with van der Waals surface area (Å²) in [6.07, 6.45) is 1.49. The summed E-state index contributed by atoms with van der Waals surface area (Å²) in [5, 5.41) is 2.83. The zero-order chi connectivity index (χ0) is 13.9. The number of para-hydroxylation sites is 2. The average Bonchev–Trinajstić information content (AvgIpc) is 3.07. The number of furan rings is 1. The molecule has 0 unspecified atom stereocenters. The van der Waals surface area contributed by atoms with Gasteiger partial charge in [0.1, 0.15) is 5.82 Å². The molecule has 0 fully saturated rings. The first-order valence-electron chi connectivity index (χ1n) is 6.49. The first-order valence-corrected chi connectivity index (χ1v) is 6.49. The Morgan fingerprint density at radius 3 is 2.95 bits per heavy atom. The second-order valence-electron chi connectivity index (χ2n) is 4.53. The van der Waals surface area contributed by atoms with Crippen molar-refractivity contribution < 1.29 is 9.21 Å². The Hall–Kier alpha value is -2.56. The number of rotatable bonds is 4. The van der Waals surface area contributed by atoms with E-state index in [0.717, 1.165) is 16.9 Å². The molecule has 0 radical (unpaired) electrons. The van der Waals surface area contributed by atoms with Crippen molar-refractivity contribution in [2.45, 2.75) is 13.5 Å². The van der Waals surface area contributed by atoms with E-state index < -0.39 is 0 Å². The molecule has 0 bridgehead atoms. The van der Waals surface area contributed by atoms with E-state index in [1.807, 2.05) is 31.2 Å². The minimum Gasteiger partial charge on any atom is -0.459 e. The lowest BCUT2D eigenvalue weighted by Gasteiger charge is -2.07. The molecule has 102 valence electrons. The number of hydrogen-bond acceptors (Lipinski definition) is 3. The van der Waals surface area contributed by atoms with Crippen LogP contribution in [0.4, 0.5) is 0 Å². The van der Waals surface area contributed by atoms with E-state index >= 15 is 0 Å². The number of benzene rings is 1. The highest BCUT2D eigenvalue weighted by molar-refractivity contribution is 5.91. The van der Waals surface area contributed by atoms with Crippen molar-refractivity contribution in [3.8, 4) is 0 Å². The second kappa shape index (κ2) is 5.21. The lowest BCUT2D eigenvalue weighted by molar-refractivity contribution is 0.0924. The number of amides is 1. The lowest BCUT2D eigenvalue weighted by atomic mass is 10.3. The van der Waals surface area contributed by atoms with Crippen molar-refractivity contribution in [3.05, 3.63) is 54.2 Å². The predicted molar refractivity (Wildman–Crippen MR) is 75.5 cm³/mol. The third-order valence-electron chi connectivity index (χ3n) is 3.21. The van der Waals surface area contributed by atoms with Crippen LogP contribution in [0.1, 0.15) is 16.4 Å². The van der Waals surface area contributed by atoms with Gasteiger partial charge < -0.3 is 14.3 Å². The highest BCUT2D eigenvalue weighted by Crippen LogP contribution is 2.14. The normalized spacial score (nSPS) is 10.8. The fourth-order valence-corrected chi connectivity index (χ4v) is 2.25. The highest BCUT2D eigenvalue weighted by atomic mass is 16.3. The minimum atomic E-state index is -0.197. The van der Waals surface area contributed by atoms with Gasteiger partial charge in [0.05, 0.1) is 17.3 Å². The van der Waals surface area contributed by atoms with Crippen LogP contribution in [-0.2, 0) is 6.54 Å². The van der Waals surface area contributed by atoms with Crippen LogP contribution in [0.2, 0.25) is 0 Å². The Kier molecular flexibility index (Phi) is 3.25. The van der Waals surface area contributed by atoms with E-state index in [1.165, 1.54) is 6.26 Å². The van der Waals surface area contributed by atoms with E-state index in [4.69, 9.17) is 4.42 Å². The number of nitrogens with one attached hydrogen (secondary N) is 1. The van der Waals surface area contributed by atoms with Gasteiger partial charge in [-0.15, -0.1) is 0 Å². The Balaban J connectivity index is 1.68. The van der Waals surface area contributed by atoms with Crippen LogP contribution in [-0.4, -0.2) is 22.0 Å². The maximum atomic E-state index is 11.8. The largest absolute Gasteiger partial charge is 0.459 e. The molecule has 1 aromatic carbocycles. The van der Waals surface area contributed by atoms with Gasteiger partial charge in [-0.1, -0.05) is 12.1 Å². The van der Waals surface area contributed by atoms with E-state index in [0.29, 0.717) is 18.8 Å². The molecule has 0 atom stereocenters. The monoisotopic (exact) mass is 269 g/mol. The van der Waals surface area contributed by atoms with Crippen LogP contribution in [0.15, 0.2) is 47.1 Å². The van der Waals surface area contributed by atoms with Crippen LogP contribution < -0.4 is 5.32 Å². The molecule has 2 heterocycles. The van der Waals surface area contributed by atoms with Gasteiger partial charge in [-0.2, -0.15) is 0 Å². The molecule has 5 nitrogen and oxygen atoms in total. The van der Waals surface area contributed by atoms with Crippen LogP contribution in [0, 0.1) is 6.92 Å². The Morgan fingerprint density at radius 2 is 2.15 bits per heavy atom. The summed E-state index contributed by atoms with van der Waals surface area (Å²) >= 11 is 0. The predicted octanol–water partition coefficient (Wildman–Crippen LogP) is 2.37. The van der Waals surface area contributed by atoms with Crippen molar-refractivity contribution in [2.24, 2.45) is 0 Å². The summed E-state index contributed by atoms with van der Waals surface area (Å²) in [6.45, 7) is 3.17. The van der Waals surface area contributed by atoms with Gasteiger partial charge in [0.15, 0.2) is 5.76 Å². The molecule has 1 N–H and O–H groups in total. The summed E-state index contributed by atoms with van der Waals surface area (Å²) in [6, 6.07) is 11.3. The van der Waals surface area contributed by atoms with Gasteiger partial charge in [-0.05, 0) is 31.2 Å². The van der Waals surface area contributed by atoms with Crippen molar-refractivity contribution >= 4 is 16.9 Å². The van der Waals surface area contributed by atoms with E-state index in [9.17, 15) is 4.79 Å². The van der Waals surface area contributed by atoms with Gasteiger partial charge in [0, 0.05) is 13.1 Å². The summed E-state index contributed by atoms with van der Waals surface area (Å²) in [7, 11) is 0. The smallest absolute Gasteiger partial charge is 0.287 e. The third-order valence-corrected chi connectivity index (χ3v) is 3.21. The van der Waals surface area contributed by atoms with Crippen LogP contribution in [0.5, 0.6) is 0 Å². The first kappa shape index (κ1) is 12.5. The highest BCUT2D eigenvalue weighted by Gasteiger charge is 2.09. The SMILES string of the molecule is Cc1nc2ccccc2n1CCNC(=O)c1ccco1. The zero-order valence-corrected chi connectivity index (χ0v) is 11.2. The average molecular weight is 269 g/mol. The molecular weight excluding hydrogens is 254 g/mol. The van der Waals surface area contributed by atoms with Crippen LogP contribution in [0.3, 0.4) is 0 Å². The number of aryl methyl sites for hydroxylation is 1. The molecule has 3 rings (SSSR count). The molecule has 1 amide bonds. The molecule has 2 aromatic heterocycles. The quantitative estimate of drug-likeness (QED) is 0.791. The van der Waals surface area contributed by atoms with Crippen molar-refractivity contribution in [1.82, 2.24) is 14.9 Å². The van der Waals surface area contributed by atoms with Crippen LogP contribution >= 0.6 is 0 Å². The third kappa shape index (κ3) is 2.30. The van der Waals surface area contributed by atoms with Crippen molar-refractivity contribution in [1.29, 1.82) is 0 Å². The van der Waals surface area contributed by atoms with Gasteiger partial charge in [-0.25, -0.2) is 4.98 Å². The number of imidazole rings is 1. The van der Waals surface area contributed by atoms with Gasteiger partial charge >= 0.3 is 0 Å². The maximum Gasteiger partial charge on any atom is 0.287 e. The number of aromatic nitrogens is 2. The number of nitrogens with zero attached hydrogens (tertiary/aromatic N) is 2. The number of hydrogen-bond donors (Lipinski definition) is 1. The maximum absolute atomic E-state index is 11.8. The lowest BCUT2D eigenvalue weighted by Crippen LogP contribution is -2.27. The number of carbonyl (C=O) groups is 1. The second-order valence-corrected chi connectivity index (χ2v) is 4.53. The molecule has 0 aliphatic carbocycles. The number of fused-ring (bicyclic) bond motifs is 1. The summed E-state index contributed by atoms with van der Waals surface area (Å²) in [4.78, 5) is 16.2. The molecule has 20 heavy (non-hydrogen) atoms. The van der Waals surface area contributed by atoms with E-state index in [2.05, 4.69) is 14.9 Å². The fraction of sp³-hybridized carbons (Fsp3) is 0.200. The minimum absolute atomic E-state index is 0.197. The molecule has 0 spiro atoms. The van der Waals surface area contributed by atoms with Gasteiger partial charge in [0.25, 0.3) is 5.91 Å². The van der Waals surface area contributed by atoms with Crippen LogP contribution in [0.25, 0.3) is 11.0 Å².